The first-order chi connectivity index (χ1) is 13.0. The van der Waals surface area contributed by atoms with Crippen LogP contribution in [-0.2, 0) is 16.1 Å². The number of amides is 2. The van der Waals surface area contributed by atoms with E-state index in [2.05, 4.69) is 46.7 Å². The average Bonchev–Trinajstić information content (AvgIpc) is 2.63. The van der Waals surface area contributed by atoms with Crippen molar-refractivity contribution >= 4 is 23.2 Å². The molecule has 0 spiro atoms. The summed E-state index contributed by atoms with van der Waals surface area (Å²) in [6.07, 6.45) is 2.75. The molecular weight excluding hydrogens is 338 g/mol. The normalized spacial score (nSPS) is 14.4. The first-order valence-electron chi connectivity index (χ1n) is 9.15. The number of benzene rings is 2. The summed E-state index contributed by atoms with van der Waals surface area (Å²) in [6.45, 7) is 6.11. The van der Waals surface area contributed by atoms with Gasteiger partial charge in [0.05, 0.1) is 0 Å². The Morgan fingerprint density at radius 3 is 2.33 bits per heavy atom. The number of aryl methyl sites for hydroxylation is 1. The summed E-state index contributed by atoms with van der Waals surface area (Å²) in [5.41, 5.74) is 4.82. The van der Waals surface area contributed by atoms with Crippen LogP contribution in [0.25, 0.3) is 0 Å². The van der Waals surface area contributed by atoms with E-state index in [0.29, 0.717) is 5.69 Å². The Hall–Kier alpha value is -2.92. The van der Waals surface area contributed by atoms with Crippen LogP contribution in [0.5, 0.6) is 0 Å². The molecule has 0 saturated carbocycles. The predicted molar refractivity (Wildman–Crippen MR) is 109 cm³/mol. The average molecular weight is 363 g/mol. The van der Waals surface area contributed by atoms with Gasteiger partial charge in [-0.1, -0.05) is 35.9 Å². The third kappa shape index (κ3) is 5.53. The lowest BCUT2D eigenvalue weighted by Crippen LogP contribution is -2.31. The zero-order valence-corrected chi connectivity index (χ0v) is 15.8. The first-order valence-corrected chi connectivity index (χ1v) is 9.15. The van der Waals surface area contributed by atoms with E-state index in [9.17, 15) is 9.59 Å². The fourth-order valence-corrected chi connectivity index (χ4v) is 3.18. The number of carbonyl (C=O) groups excluding carboxylic acids is 2. The largest absolute Gasteiger partial charge is 0.326 e. The molecular formula is C22H25N3O2. The number of hydrogen-bond donors (Lipinski definition) is 2. The summed E-state index contributed by atoms with van der Waals surface area (Å²) in [7, 11) is 0. The topological polar surface area (TPSA) is 61.4 Å². The van der Waals surface area contributed by atoms with Gasteiger partial charge in [0.25, 0.3) is 5.91 Å². The van der Waals surface area contributed by atoms with Crippen LogP contribution in [0.4, 0.5) is 11.4 Å². The Labute approximate surface area is 160 Å². The SMILES string of the molecule is CC(=O)Nc1ccc(NC(=O)C2=CCN(Cc3cccc(C)c3)CC2)cc1. The number of rotatable bonds is 5. The molecule has 27 heavy (non-hydrogen) atoms. The lowest BCUT2D eigenvalue weighted by atomic mass is 10.1. The van der Waals surface area contributed by atoms with Crippen molar-refractivity contribution in [2.24, 2.45) is 0 Å². The Morgan fingerprint density at radius 2 is 1.74 bits per heavy atom. The summed E-state index contributed by atoms with van der Waals surface area (Å²) in [5.74, 6) is -0.174. The summed E-state index contributed by atoms with van der Waals surface area (Å²) < 4.78 is 0. The quantitative estimate of drug-likeness (QED) is 0.851. The zero-order valence-electron chi connectivity index (χ0n) is 15.8. The van der Waals surface area contributed by atoms with Gasteiger partial charge < -0.3 is 10.6 Å². The second kappa shape index (κ2) is 8.64. The minimum atomic E-state index is -0.116. The summed E-state index contributed by atoms with van der Waals surface area (Å²) in [4.78, 5) is 25.9. The Balaban J connectivity index is 1.53. The van der Waals surface area contributed by atoms with Gasteiger partial charge in [0, 0.05) is 43.5 Å². The molecule has 0 fully saturated rings. The summed E-state index contributed by atoms with van der Waals surface area (Å²) in [5, 5.41) is 5.63. The van der Waals surface area contributed by atoms with E-state index < -0.39 is 0 Å². The molecule has 0 radical (unpaired) electrons. The molecule has 0 bridgehead atoms. The van der Waals surface area contributed by atoms with Gasteiger partial charge in [-0.05, 0) is 43.2 Å². The van der Waals surface area contributed by atoms with Gasteiger partial charge in [0.15, 0.2) is 0 Å². The summed E-state index contributed by atoms with van der Waals surface area (Å²) in [6, 6.07) is 15.7. The standard InChI is InChI=1S/C22H25N3O2/c1-16-4-3-5-18(14-16)15-25-12-10-19(11-13-25)22(27)24-21-8-6-20(7-9-21)23-17(2)26/h3-10,14H,11-13,15H2,1-2H3,(H,23,26)(H,24,27). The molecule has 0 aliphatic carbocycles. The van der Waals surface area contributed by atoms with Gasteiger partial charge in [-0.3, -0.25) is 14.5 Å². The third-order valence-corrected chi connectivity index (χ3v) is 4.54. The Kier molecular flexibility index (Phi) is 6.04. The predicted octanol–water partition coefficient (Wildman–Crippen LogP) is 3.72. The zero-order chi connectivity index (χ0) is 19.2. The molecule has 2 amide bonds. The molecule has 5 nitrogen and oxygen atoms in total. The number of hydrogen-bond acceptors (Lipinski definition) is 3. The van der Waals surface area contributed by atoms with E-state index in [-0.39, 0.29) is 11.8 Å². The van der Waals surface area contributed by atoms with Crippen LogP contribution in [0, 0.1) is 6.92 Å². The highest BCUT2D eigenvalue weighted by molar-refractivity contribution is 6.04. The lowest BCUT2D eigenvalue weighted by Gasteiger charge is -2.26. The fourth-order valence-electron chi connectivity index (χ4n) is 3.18. The van der Waals surface area contributed by atoms with Crippen molar-refractivity contribution in [3.8, 4) is 0 Å². The van der Waals surface area contributed by atoms with E-state index in [1.54, 1.807) is 24.3 Å². The van der Waals surface area contributed by atoms with Crippen molar-refractivity contribution in [3.05, 3.63) is 71.3 Å². The van der Waals surface area contributed by atoms with Gasteiger partial charge in [0.2, 0.25) is 5.91 Å². The van der Waals surface area contributed by atoms with Crippen molar-refractivity contribution in [1.29, 1.82) is 0 Å². The monoisotopic (exact) mass is 363 g/mol. The van der Waals surface area contributed by atoms with Crippen LogP contribution >= 0.6 is 0 Å². The van der Waals surface area contributed by atoms with E-state index >= 15 is 0 Å². The maximum Gasteiger partial charge on any atom is 0.251 e. The molecule has 5 heteroatoms. The number of nitrogens with zero attached hydrogens (tertiary/aromatic N) is 1. The second-order valence-electron chi connectivity index (χ2n) is 6.92. The molecule has 2 aromatic rings. The summed E-state index contributed by atoms with van der Waals surface area (Å²) >= 11 is 0. The molecule has 2 N–H and O–H groups in total. The highest BCUT2D eigenvalue weighted by Gasteiger charge is 2.17. The van der Waals surface area contributed by atoms with E-state index in [0.717, 1.165) is 37.3 Å². The highest BCUT2D eigenvalue weighted by atomic mass is 16.2. The number of nitrogens with one attached hydrogen (secondary N) is 2. The van der Waals surface area contributed by atoms with E-state index in [4.69, 9.17) is 0 Å². The maximum absolute atomic E-state index is 12.5. The smallest absolute Gasteiger partial charge is 0.251 e. The minimum absolute atomic E-state index is 0.0579. The van der Waals surface area contributed by atoms with Crippen LogP contribution in [0.15, 0.2) is 60.2 Å². The molecule has 1 aliphatic rings. The molecule has 0 unspecified atom stereocenters. The third-order valence-electron chi connectivity index (χ3n) is 4.54. The van der Waals surface area contributed by atoms with Crippen molar-refractivity contribution < 1.29 is 9.59 Å². The molecule has 1 heterocycles. The van der Waals surface area contributed by atoms with Crippen molar-refractivity contribution in [2.45, 2.75) is 26.8 Å². The molecule has 140 valence electrons. The first kappa shape index (κ1) is 18.9. The van der Waals surface area contributed by atoms with Crippen molar-refractivity contribution in [2.75, 3.05) is 23.7 Å². The molecule has 1 aliphatic heterocycles. The van der Waals surface area contributed by atoms with Crippen LogP contribution in [0.3, 0.4) is 0 Å². The molecule has 0 saturated heterocycles. The van der Waals surface area contributed by atoms with Crippen LogP contribution in [0.2, 0.25) is 0 Å². The van der Waals surface area contributed by atoms with Gasteiger partial charge in [-0.25, -0.2) is 0 Å². The van der Waals surface area contributed by atoms with Gasteiger partial charge in [0.1, 0.15) is 0 Å². The van der Waals surface area contributed by atoms with Crippen LogP contribution in [-0.4, -0.2) is 29.8 Å². The minimum Gasteiger partial charge on any atom is -0.326 e. The molecule has 0 atom stereocenters. The van der Waals surface area contributed by atoms with Gasteiger partial charge in [-0.2, -0.15) is 0 Å². The maximum atomic E-state index is 12.5. The molecule has 2 aromatic carbocycles. The fraction of sp³-hybridized carbons (Fsp3) is 0.273. The van der Waals surface area contributed by atoms with Gasteiger partial charge >= 0.3 is 0 Å². The highest BCUT2D eigenvalue weighted by Crippen LogP contribution is 2.18. The van der Waals surface area contributed by atoms with Gasteiger partial charge in [-0.15, -0.1) is 0 Å². The van der Waals surface area contributed by atoms with Crippen molar-refractivity contribution in [3.63, 3.8) is 0 Å². The van der Waals surface area contributed by atoms with E-state index in [1.165, 1.54) is 18.1 Å². The van der Waals surface area contributed by atoms with Crippen LogP contribution < -0.4 is 10.6 Å². The lowest BCUT2D eigenvalue weighted by molar-refractivity contribution is -0.114. The van der Waals surface area contributed by atoms with E-state index in [1.807, 2.05) is 6.08 Å². The number of anilines is 2. The Morgan fingerprint density at radius 1 is 1.04 bits per heavy atom. The molecule has 3 rings (SSSR count). The number of carbonyl (C=O) groups is 2. The van der Waals surface area contributed by atoms with Crippen LogP contribution in [0.1, 0.15) is 24.5 Å². The molecule has 0 aromatic heterocycles. The Bertz CT molecular complexity index is 856. The van der Waals surface area contributed by atoms with Crippen molar-refractivity contribution in [1.82, 2.24) is 4.90 Å². The second-order valence-corrected chi connectivity index (χ2v) is 6.92.